The van der Waals surface area contributed by atoms with E-state index in [9.17, 15) is 8.78 Å². The van der Waals surface area contributed by atoms with Crippen molar-refractivity contribution in [2.45, 2.75) is 12.3 Å². The number of benzene rings is 2. The predicted octanol–water partition coefficient (Wildman–Crippen LogP) is 3.79. The highest BCUT2D eigenvalue weighted by atomic mass is 19.3. The Balaban J connectivity index is 2.50. The summed E-state index contributed by atoms with van der Waals surface area (Å²) in [6, 6.07) is 15.8. The molecule has 0 aromatic heterocycles. The molecular weight excluding hydrogens is 232 g/mol. The lowest BCUT2D eigenvalue weighted by Gasteiger charge is -2.19. The van der Waals surface area contributed by atoms with Gasteiger partial charge in [0.15, 0.2) is 0 Å². The molecule has 0 saturated carbocycles. The molecule has 2 aromatic rings. The van der Waals surface area contributed by atoms with Gasteiger partial charge in [0.05, 0.1) is 0 Å². The van der Waals surface area contributed by atoms with E-state index in [0.717, 1.165) is 5.56 Å². The van der Waals surface area contributed by atoms with Gasteiger partial charge in [0.1, 0.15) is 0 Å². The average Bonchev–Trinajstić information content (AvgIpc) is 2.40. The van der Waals surface area contributed by atoms with Crippen molar-refractivity contribution in [1.82, 2.24) is 0 Å². The van der Waals surface area contributed by atoms with Crippen molar-refractivity contribution in [2.75, 3.05) is 6.54 Å². The minimum absolute atomic E-state index is 0.0316. The van der Waals surface area contributed by atoms with E-state index in [2.05, 4.69) is 0 Å². The zero-order chi connectivity index (χ0) is 13.0. The highest BCUT2D eigenvalue weighted by Crippen LogP contribution is 2.37. The quantitative estimate of drug-likeness (QED) is 0.873. The fraction of sp³-hybridized carbons (Fsp3) is 0.200. The molecule has 0 spiro atoms. The molecule has 0 heterocycles. The molecule has 0 atom stereocenters. The van der Waals surface area contributed by atoms with E-state index >= 15 is 0 Å². The maximum atomic E-state index is 14.0. The first-order valence-electron chi connectivity index (χ1n) is 5.88. The van der Waals surface area contributed by atoms with Crippen LogP contribution in [0, 0.1) is 0 Å². The Morgan fingerprint density at radius 3 is 2.17 bits per heavy atom. The van der Waals surface area contributed by atoms with E-state index in [0.29, 0.717) is 5.56 Å². The van der Waals surface area contributed by atoms with E-state index in [-0.39, 0.29) is 18.5 Å². The van der Waals surface area contributed by atoms with Crippen molar-refractivity contribution in [3.8, 4) is 11.1 Å². The first kappa shape index (κ1) is 12.7. The summed E-state index contributed by atoms with van der Waals surface area (Å²) < 4.78 is 28.0. The first-order valence-corrected chi connectivity index (χ1v) is 5.88. The molecule has 3 heteroatoms. The molecule has 0 unspecified atom stereocenters. The molecule has 0 aliphatic rings. The van der Waals surface area contributed by atoms with Gasteiger partial charge in [-0.1, -0.05) is 54.6 Å². The average molecular weight is 247 g/mol. The van der Waals surface area contributed by atoms with Crippen molar-refractivity contribution in [3.63, 3.8) is 0 Å². The molecule has 18 heavy (non-hydrogen) atoms. The second-order valence-corrected chi connectivity index (χ2v) is 4.15. The Kier molecular flexibility index (Phi) is 3.72. The van der Waals surface area contributed by atoms with Gasteiger partial charge in [-0.25, -0.2) is 8.78 Å². The van der Waals surface area contributed by atoms with Crippen molar-refractivity contribution >= 4 is 0 Å². The van der Waals surface area contributed by atoms with E-state index in [1.165, 1.54) is 6.07 Å². The van der Waals surface area contributed by atoms with E-state index in [1.807, 2.05) is 30.3 Å². The van der Waals surface area contributed by atoms with Crippen LogP contribution >= 0.6 is 0 Å². The lowest BCUT2D eigenvalue weighted by Crippen LogP contribution is -2.19. The Hall–Kier alpha value is -1.74. The number of hydrogen-bond acceptors (Lipinski definition) is 1. The molecule has 2 aromatic carbocycles. The number of halogens is 2. The second-order valence-electron chi connectivity index (χ2n) is 4.15. The zero-order valence-electron chi connectivity index (χ0n) is 9.94. The third kappa shape index (κ3) is 2.57. The van der Waals surface area contributed by atoms with Gasteiger partial charge >= 0.3 is 0 Å². The number of alkyl halides is 2. The monoisotopic (exact) mass is 247 g/mol. The highest BCUT2D eigenvalue weighted by molar-refractivity contribution is 5.68. The highest BCUT2D eigenvalue weighted by Gasteiger charge is 2.32. The number of rotatable bonds is 4. The van der Waals surface area contributed by atoms with Crippen LogP contribution in [0.2, 0.25) is 0 Å². The summed E-state index contributed by atoms with van der Waals surface area (Å²) in [6.45, 7) is -0.0316. The standard InChI is InChI=1S/C15H15F2N/c16-15(17,10-11-18)14-9-5-4-8-13(14)12-6-2-1-3-7-12/h1-9H,10-11,18H2. The van der Waals surface area contributed by atoms with Crippen molar-refractivity contribution in [2.24, 2.45) is 5.73 Å². The van der Waals surface area contributed by atoms with Crippen LogP contribution in [0.25, 0.3) is 11.1 Å². The molecule has 0 amide bonds. The van der Waals surface area contributed by atoms with Crippen molar-refractivity contribution in [1.29, 1.82) is 0 Å². The van der Waals surface area contributed by atoms with Crippen LogP contribution in [0.4, 0.5) is 8.78 Å². The largest absolute Gasteiger partial charge is 0.330 e. The van der Waals surface area contributed by atoms with Crippen molar-refractivity contribution in [3.05, 3.63) is 60.2 Å². The molecule has 0 fully saturated rings. The Morgan fingerprint density at radius 1 is 0.889 bits per heavy atom. The molecule has 0 saturated heterocycles. The second kappa shape index (κ2) is 5.27. The molecule has 0 aliphatic carbocycles. The summed E-state index contributed by atoms with van der Waals surface area (Å²) in [5.74, 6) is -2.89. The smallest absolute Gasteiger partial charge is 0.275 e. The minimum Gasteiger partial charge on any atom is -0.330 e. The van der Waals surface area contributed by atoms with E-state index in [1.54, 1.807) is 18.2 Å². The number of nitrogens with two attached hydrogens (primary N) is 1. The lowest BCUT2D eigenvalue weighted by atomic mass is 9.94. The zero-order valence-corrected chi connectivity index (χ0v) is 9.94. The Bertz CT molecular complexity index is 509. The van der Waals surface area contributed by atoms with Gasteiger partial charge in [0.2, 0.25) is 0 Å². The van der Waals surface area contributed by atoms with Crippen LogP contribution in [-0.2, 0) is 5.92 Å². The summed E-state index contributed by atoms with van der Waals surface area (Å²) >= 11 is 0. The lowest BCUT2D eigenvalue weighted by molar-refractivity contribution is -0.0101. The molecular formula is C15H15F2N. The maximum Gasteiger partial charge on any atom is 0.275 e. The van der Waals surface area contributed by atoms with Gasteiger partial charge in [-0.2, -0.15) is 0 Å². The normalized spacial score (nSPS) is 11.5. The third-order valence-electron chi connectivity index (χ3n) is 2.86. The van der Waals surface area contributed by atoms with Crippen molar-refractivity contribution < 1.29 is 8.78 Å². The van der Waals surface area contributed by atoms with Gasteiger partial charge in [0, 0.05) is 12.0 Å². The van der Waals surface area contributed by atoms with Gasteiger partial charge in [-0.05, 0) is 17.7 Å². The molecule has 1 nitrogen and oxygen atoms in total. The van der Waals surface area contributed by atoms with Crippen LogP contribution in [0.1, 0.15) is 12.0 Å². The van der Waals surface area contributed by atoms with Gasteiger partial charge in [-0.15, -0.1) is 0 Å². The van der Waals surface area contributed by atoms with Crippen LogP contribution in [0.3, 0.4) is 0 Å². The Morgan fingerprint density at radius 2 is 1.50 bits per heavy atom. The first-order chi connectivity index (χ1) is 8.65. The summed E-state index contributed by atoms with van der Waals surface area (Å²) in [4.78, 5) is 0. The minimum atomic E-state index is -2.89. The van der Waals surface area contributed by atoms with Crippen LogP contribution < -0.4 is 5.73 Å². The summed E-state index contributed by atoms with van der Waals surface area (Å²) in [6.07, 6.45) is -0.336. The molecule has 2 rings (SSSR count). The van der Waals surface area contributed by atoms with Crippen LogP contribution in [0.5, 0.6) is 0 Å². The van der Waals surface area contributed by atoms with E-state index < -0.39 is 5.92 Å². The fourth-order valence-corrected chi connectivity index (χ4v) is 1.99. The fourth-order valence-electron chi connectivity index (χ4n) is 1.99. The van der Waals surface area contributed by atoms with Gasteiger partial charge in [0.25, 0.3) is 5.92 Å². The van der Waals surface area contributed by atoms with Crippen LogP contribution in [0.15, 0.2) is 54.6 Å². The summed E-state index contributed by atoms with van der Waals surface area (Å²) in [5, 5.41) is 0. The molecule has 2 N–H and O–H groups in total. The molecule has 0 aliphatic heterocycles. The van der Waals surface area contributed by atoms with E-state index in [4.69, 9.17) is 5.73 Å². The molecule has 0 bridgehead atoms. The summed E-state index contributed by atoms with van der Waals surface area (Å²) in [5.41, 5.74) is 6.67. The summed E-state index contributed by atoms with van der Waals surface area (Å²) in [7, 11) is 0. The number of hydrogen-bond donors (Lipinski definition) is 1. The Labute approximate surface area is 105 Å². The molecule has 94 valence electrons. The molecule has 0 radical (unpaired) electrons. The third-order valence-corrected chi connectivity index (χ3v) is 2.86. The SMILES string of the molecule is NCCC(F)(F)c1ccccc1-c1ccccc1. The van der Waals surface area contributed by atoms with Gasteiger partial charge in [-0.3, -0.25) is 0 Å². The maximum absolute atomic E-state index is 14.0. The van der Waals surface area contributed by atoms with Crippen LogP contribution in [-0.4, -0.2) is 6.54 Å². The topological polar surface area (TPSA) is 26.0 Å². The van der Waals surface area contributed by atoms with Gasteiger partial charge < -0.3 is 5.73 Å². The predicted molar refractivity (Wildman–Crippen MR) is 69.4 cm³/mol.